The highest BCUT2D eigenvalue weighted by Crippen LogP contribution is 2.39. The molecule has 104 valence electrons. The molecule has 0 bridgehead atoms. The fraction of sp³-hybridized carbons (Fsp3) is 0.357. The van der Waals surface area contributed by atoms with Crippen molar-refractivity contribution in [3.63, 3.8) is 0 Å². The molecule has 0 radical (unpaired) electrons. The number of aryl methyl sites for hydroxylation is 1. The van der Waals surface area contributed by atoms with Gasteiger partial charge in [0.25, 0.3) is 5.91 Å². The molecule has 6 nitrogen and oxygen atoms in total. The van der Waals surface area contributed by atoms with Crippen molar-refractivity contribution in [1.82, 2.24) is 10.2 Å². The number of carboxylic acid groups (broad SMARTS) is 1. The topological polar surface area (TPSA) is 86.7 Å². The Morgan fingerprint density at radius 2 is 2.10 bits per heavy atom. The van der Waals surface area contributed by atoms with Crippen LogP contribution in [-0.2, 0) is 21.5 Å². The minimum Gasteiger partial charge on any atom is -0.480 e. The van der Waals surface area contributed by atoms with Crippen molar-refractivity contribution in [2.24, 2.45) is 0 Å². The van der Waals surface area contributed by atoms with Crippen molar-refractivity contribution < 1.29 is 19.5 Å². The fourth-order valence-corrected chi connectivity index (χ4v) is 3.09. The molecular weight excluding hydrogens is 260 g/mol. The largest absolute Gasteiger partial charge is 0.480 e. The lowest BCUT2D eigenvalue weighted by atomic mass is 9.76. The maximum atomic E-state index is 12.6. The van der Waals surface area contributed by atoms with Gasteiger partial charge in [-0.25, -0.2) is 4.79 Å². The number of aliphatic carboxylic acids is 1. The summed E-state index contributed by atoms with van der Waals surface area (Å²) in [5.74, 6) is -1.66. The predicted molar refractivity (Wildman–Crippen MR) is 68.9 cm³/mol. The summed E-state index contributed by atoms with van der Waals surface area (Å²) >= 11 is 0. The van der Waals surface area contributed by atoms with Gasteiger partial charge in [-0.05, 0) is 30.4 Å². The number of rotatable bonds is 2. The van der Waals surface area contributed by atoms with Gasteiger partial charge in [0.15, 0.2) is 0 Å². The average Bonchev–Trinajstić information content (AvgIpc) is 2.64. The number of carboxylic acids is 1. The smallest absolute Gasteiger partial charge is 0.325 e. The van der Waals surface area contributed by atoms with Gasteiger partial charge >= 0.3 is 12.0 Å². The SMILES string of the molecule is O=C(O)CN1C(=O)N[C@@]2(CCCc3ccccc32)C1=O. The third kappa shape index (κ3) is 1.68. The highest BCUT2D eigenvalue weighted by molar-refractivity contribution is 6.09. The number of benzene rings is 1. The van der Waals surface area contributed by atoms with Gasteiger partial charge in [0, 0.05) is 0 Å². The van der Waals surface area contributed by atoms with E-state index in [1.165, 1.54) is 0 Å². The van der Waals surface area contributed by atoms with Crippen LogP contribution in [0.25, 0.3) is 0 Å². The van der Waals surface area contributed by atoms with E-state index in [9.17, 15) is 14.4 Å². The van der Waals surface area contributed by atoms with Crippen molar-refractivity contribution in [2.75, 3.05) is 6.54 Å². The van der Waals surface area contributed by atoms with E-state index in [2.05, 4.69) is 5.32 Å². The van der Waals surface area contributed by atoms with Gasteiger partial charge in [-0.2, -0.15) is 0 Å². The highest BCUT2D eigenvalue weighted by Gasteiger charge is 2.54. The van der Waals surface area contributed by atoms with Crippen LogP contribution in [0.5, 0.6) is 0 Å². The summed E-state index contributed by atoms with van der Waals surface area (Å²) in [6.07, 6.45) is 2.15. The van der Waals surface area contributed by atoms with Crippen molar-refractivity contribution in [1.29, 1.82) is 0 Å². The van der Waals surface area contributed by atoms with E-state index < -0.39 is 30.0 Å². The first kappa shape index (κ1) is 12.7. The van der Waals surface area contributed by atoms with Crippen LogP contribution >= 0.6 is 0 Å². The standard InChI is InChI=1S/C14H14N2O4/c17-11(18)8-16-12(19)14(15-13(16)20)7-3-5-9-4-1-2-6-10(9)14/h1-2,4,6H,3,5,7-8H2,(H,15,20)(H,17,18)/t14-/m1/s1. The van der Waals surface area contributed by atoms with Crippen molar-refractivity contribution in [3.05, 3.63) is 35.4 Å². The van der Waals surface area contributed by atoms with Gasteiger partial charge in [-0.3, -0.25) is 14.5 Å². The molecule has 1 aromatic rings. The van der Waals surface area contributed by atoms with Crippen LogP contribution in [-0.4, -0.2) is 34.5 Å². The molecule has 20 heavy (non-hydrogen) atoms. The second kappa shape index (κ2) is 4.33. The van der Waals surface area contributed by atoms with Crippen LogP contribution in [0.4, 0.5) is 4.79 Å². The van der Waals surface area contributed by atoms with Crippen LogP contribution in [0.15, 0.2) is 24.3 Å². The Kier molecular flexibility index (Phi) is 2.74. The van der Waals surface area contributed by atoms with Crippen LogP contribution in [0.3, 0.4) is 0 Å². The number of amides is 3. The Labute approximate surface area is 115 Å². The van der Waals surface area contributed by atoms with Gasteiger partial charge in [-0.1, -0.05) is 24.3 Å². The first-order chi connectivity index (χ1) is 9.54. The number of hydrogen-bond acceptors (Lipinski definition) is 3. The molecule has 1 spiro atoms. The molecular formula is C14H14N2O4. The van der Waals surface area contributed by atoms with E-state index in [-0.39, 0.29) is 0 Å². The molecule has 0 aromatic heterocycles. The molecule has 1 aliphatic carbocycles. The molecule has 0 unspecified atom stereocenters. The molecule has 2 N–H and O–H groups in total. The van der Waals surface area contributed by atoms with Gasteiger partial charge in [0.2, 0.25) is 0 Å². The van der Waals surface area contributed by atoms with E-state index in [4.69, 9.17) is 5.11 Å². The van der Waals surface area contributed by atoms with E-state index in [1.807, 2.05) is 24.3 Å². The Morgan fingerprint density at radius 1 is 1.35 bits per heavy atom. The molecule has 3 rings (SSSR count). The number of carbonyl (C=O) groups is 3. The molecule has 3 amide bonds. The number of urea groups is 1. The Balaban J connectivity index is 2.05. The fourth-order valence-electron chi connectivity index (χ4n) is 3.09. The molecule has 1 aliphatic heterocycles. The molecule has 1 saturated heterocycles. The first-order valence-corrected chi connectivity index (χ1v) is 6.49. The van der Waals surface area contributed by atoms with E-state index in [0.29, 0.717) is 6.42 Å². The lowest BCUT2D eigenvalue weighted by Gasteiger charge is -2.33. The van der Waals surface area contributed by atoms with E-state index in [1.54, 1.807) is 0 Å². The van der Waals surface area contributed by atoms with E-state index >= 15 is 0 Å². The zero-order chi connectivity index (χ0) is 14.3. The normalized spacial score (nSPS) is 24.7. The Morgan fingerprint density at radius 3 is 2.85 bits per heavy atom. The summed E-state index contributed by atoms with van der Waals surface area (Å²) < 4.78 is 0. The van der Waals surface area contributed by atoms with Crippen molar-refractivity contribution in [2.45, 2.75) is 24.8 Å². The molecule has 6 heteroatoms. The number of nitrogens with one attached hydrogen (secondary N) is 1. The quantitative estimate of drug-likeness (QED) is 0.783. The maximum absolute atomic E-state index is 12.6. The van der Waals surface area contributed by atoms with Gasteiger partial charge in [0.1, 0.15) is 12.1 Å². The molecule has 1 heterocycles. The Bertz CT molecular complexity index is 613. The lowest BCUT2D eigenvalue weighted by Crippen LogP contribution is -2.46. The second-order valence-electron chi connectivity index (χ2n) is 5.13. The summed E-state index contributed by atoms with van der Waals surface area (Å²) in [5, 5.41) is 11.5. The summed E-state index contributed by atoms with van der Waals surface area (Å²) in [5.41, 5.74) is 0.739. The molecule has 1 aromatic carbocycles. The van der Waals surface area contributed by atoms with Crippen LogP contribution < -0.4 is 5.32 Å². The third-order valence-electron chi connectivity index (χ3n) is 3.94. The highest BCUT2D eigenvalue weighted by atomic mass is 16.4. The van der Waals surface area contributed by atoms with Gasteiger partial charge in [0.05, 0.1) is 0 Å². The summed E-state index contributed by atoms with van der Waals surface area (Å²) in [4.78, 5) is 36.1. The summed E-state index contributed by atoms with van der Waals surface area (Å²) in [6, 6.07) is 6.86. The number of carbonyl (C=O) groups excluding carboxylic acids is 2. The van der Waals surface area contributed by atoms with Crippen LogP contribution in [0.2, 0.25) is 0 Å². The van der Waals surface area contributed by atoms with Gasteiger partial charge in [-0.15, -0.1) is 0 Å². The van der Waals surface area contributed by atoms with Crippen molar-refractivity contribution in [3.8, 4) is 0 Å². The second-order valence-corrected chi connectivity index (χ2v) is 5.13. The minimum absolute atomic E-state index is 0.461. The maximum Gasteiger partial charge on any atom is 0.325 e. The van der Waals surface area contributed by atoms with Crippen molar-refractivity contribution >= 4 is 17.9 Å². The lowest BCUT2D eigenvalue weighted by molar-refractivity contribution is -0.143. The zero-order valence-corrected chi connectivity index (χ0v) is 10.8. The van der Waals surface area contributed by atoms with E-state index in [0.717, 1.165) is 28.9 Å². The van der Waals surface area contributed by atoms with Gasteiger partial charge < -0.3 is 10.4 Å². The number of imide groups is 1. The minimum atomic E-state index is -1.20. The summed E-state index contributed by atoms with van der Waals surface area (Å²) in [6.45, 7) is -0.603. The number of fused-ring (bicyclic) bond motifs is 2. The average molecular weight is 274 g/mol. The van der Waals surface area contributed by atoms with Crippen LogP contribution in [0.1, 0.15) is 24.0 Å². The summed E-state index contributed by atoms with van der Waals surface area (Å²) in [7, 11) is 0. The predicted octanol–water partition coefficient (Wildman–Crippen LogP) is 0.855. The number of hydrogen-bond donors (Lipinski definition) is 2. The molecule has 2 aliphatic rings. The molecule has 1 fully saturated rings. The molecule has 0 saturated carbocycles. The zero-order valence-electron chi connectivity index (χ0n) is 10.8. The third-order valence-corrected chi connectivity index (χ3v) is 3.94. The number of nitrogens with zero attached hydrogens (tertiary/aromatic N) is 1. The van der Waals surface area contributed by atoms with Crippen LogP contribution in [0, 0.1) is 0 Å². The molecule has 1 atom stereocenters. The first-order valence-electron chi connectivity index (χ1n) is 6.49. The monoisotopic (exact) mass is 274 g/mol. The Hall–Kier alpha value is -2.37.